The summed E-state index contributed by atoms with van der Waals surface area (Å²) < 4.78 is 0. The molecule has 0 aromatic heterocycles. The van der Waals surface area contributed by atoms with E-state index in [1.165, 1.54) is 25.7 Å². The Bertz CT molecular complexity index is 470. The molecule has 1 N–H and O–H groups in total. The third-order valence-corrected chi connectivity index (χ3v) is 3.99. The Kier molecular flexibility index (Phi) is 6.82. The van der Waals surface area contributed by atoms with Gasteiger partial charge in [0.15, 0.2) is 0 Å². The maximum absolute atomic E-state index is 10.9. The van der Waals surface area contributed by atoms with Crippen molar-refractivity contribution < 1.29 is 4.92 Å². The van der Waals surface area contributed by atoms with E-state index in [1.54, 1.807) is 12.1 Å². The molecule has 0 heterocycles. The third-order valence-electron chi connectivity index (χ3n) is 3.99. The van der Waals surface area contributed by atoms with Gasteiger partial charge in [-0.25, -0.2) is 0 Å². The number of rotatable bonds is 9. The predicted molar refractivity (Wildman–Crippen MR) is 87.5 cm³/mol. The number of unbranched alkanes of at least 4 members (excludes halogenated alkanes) is 2. The molecular weight excluding hydrogens is 264 g/mol. The van der Waals surface area contributed by atoms with E-state index in [9.17, 15) is 10.1 Å². The van der Waals surface area contributed by atoms with Gasteiger partial charge in [-0.2, -0.15) is 0 Å². The van der Waals surface area contributed by atoms with Gasteiger partial charge in [0, 0.05) is 24.7 Å². The van der Waals surface area contributed by atoms with Gasteiger partial charge in [0.2, 0.25) is 0 Å². The van der Waals surface area contributed by atoms with E-state index in [0.29, 0.717) is 6.54 Å². The summed E-state index contributed by atoms with van der Waals surface area (Å²) in [7, 11) is 0. The average Bonchev–Trinajstić information content (AvgIpc) is 2.40. The standard InChI is InChI=1S/C17H28N2O2/c1-5-6-7-11-17(3,4)13-18-12-15-9-8-10-16(14(15)2)19(20)21/h8-10,18H,5-7,11-13H2,1-4H3. The molecule has 0 saturated carbocycles. The molecular formula is C17H28N2O2. The van der Waals surface area contributed by atoms with E-state index in [-0.39, 0.29) is 16.0 Å². The number of benzene rings is 1. The molecule has 0 saturated heterocycles. The second-order valence-corrected chi connectivity index (χ2v) is 6.54. The highest BCUT2D eigenvalue weighted by molar-refractivity contribution is 5.44. The molecule has 0 amide bonds. The van der Waals surface area contributed by atoms with Gasteiger partial charge >= 0.3 is 0 Å². The number of hydrogen-bond acceptors (Lipinski definition) is 3. The van der Waals surface area contributed by atoms with Gasteiger partial charge in [0.25, 0.3) is 5.69 Å². The van der Waals surface area contributed by atoms with Gasteiger partial charge in [-0.1, -0.05) is 52.2 Å². The van der Waals surface area contributed by atoms with Gasteiger partial charge in [-0.15, -0.1) is 0 Å². The molecule has 21 heavy (non-hydrogen) atoms. The fourth-order valence-corrected chi connectivity index (χ4v) is 2.54. The summed E-state index contributed by atoms with van der Waals surface area (Å²) in [6.45, 7) is 10.2. The molecule has 0 bridgehead atoms. The number of nitrogens with one attached hydrogen (secondary N) is 1. The minimum Gasteiger partial charge on any atom is -0.312 e. The van der Waals surface area contributed by atoms with Crippen molar-refractivity contribution in [2.75, 3.05) is 6.54 Å². The lowest BCUT2D eigenvalue weighted by atomic mass is 9.87. The van der Waals surface area contributed by atoms with Crippen molar-refractivity contribution in [1.82, 2.24) is 5.32 Å². The zero-order valence-corrected chi connectivity index (χ0v) is 13.7. The molecule has 1 aromatic rings. The van der Waals surface area contributed by atoms with E-state index in [4.69, 9.17) is 0 Å². The molecule has 0 unspecified atom stereocenters. The maximum Gasteiger partial charge on any atom is 0.272 e. The lowest BCUT2D eigenvalue weighted by Crippen LogP contribution is -2.29. The van der Waals surface area contributed by atoms with Crippen LogP contribution in [-0.4, -0.2) is 11.5 Å². The van der Waals surface area contributed by atoms with E-state index < -0.39 is 0 Å². The molecule has 0 fully saturated rings. The molecule has 4 nitrogen and oxygen atoms in total. The fraction of sp³-hybridized carbons (Fsp3) is 0.647. The van der Waals surface area contributed by atoms with E-state index in [0.717, 1.165) is 17.7 Å². The molecule has 0 spiro atoms. The lowest BCUT2D eigenvalue weighted by molar-refractivity contribution is -0.385. The number of nitro benzene ring substituents is 1. The summed E-state index contributed by atoms with van der Waals surface area (Å²) >= 11 is 0. The summed E-state index contributed by atoms with van der Waals surface area (Å²) in [5.74, 6) is 0. The van der Waals surface area contributed by atoms with Crippen LogP contribution in [0.2, 0.25) is 0 Å². The van der Waals surface area contributed by atoms with Crippen LogP contribution in [0.15, 0.2) is 18.2 Å². The van der Waals surface area contributed by atoms with Crippen LogP contribution in [0.5, 0.6) is 0 Å². The van der Waals surface area contributed by atoms with E-state index >= 15 is 0 Å². The summed E-state index contributed by atoms with van der Waals surface area (Å²) in [6.07, 6.45) is 5.01. The molecule has 0 aliphatic carbocycles. The Morgan fingerprint density at radius 1 is 1.29 bits per heavy atom. The minimum absolute atomic E-state index is 0.205. The zero-order chi connectivity index (χ0) is 15.9. The topological polar surface area (TPSA) is 55.2 Å². The number of nitro groups is 1. The normalized spacial score (nSPS) is 11.6. The van der Waals surface area contributed by atoms with Crippen LogP contribution in [-0.2, 0) is 6.54 Å². The molecule has 0 radical (unpaired) electrons. The van der Waals surface area contributed by atoms with Crippen LogP contribution in [0.1, 0.15) is 57.6 Å². The summed E-state index contributed by atoms with van der Waals surface area (Å²) in [6, 6.07) is 5.28. The van der Waals surface area contributed by atoms with Crippen molar-refractivity contribution in [2.24, 2.45) is 5.41 Å². The first-order valence-corrected chi connectivity index (χ1v) is 7.81. The Hall–Kier alpha value is -1.42. The first-order valence-electron chi connectivity index (χ1n) is 7.81. The van der Waals surface area contributed by atoms with Crippen molar-refractivity contribution in [3.63, 3.8) is 0 Å². The van der Waals surface area contributed by atoms with Crippen LogP contribution in [0.3, 0.4) is 0 Å². The molecule has 118 valence electrons. The lowest BCUT2D eigenvalue weighted by Gasteiger charge is -2.25. The van der Waals surface area contributed by atoms with Gasteiger partial charge < -0.3 is 5.32 Å². The first-order chi connectivity index (χ1) is 9.87. The summed E-state index contributed by atoms with van der Waals surface area (Å²) in [5, 5.41) is 14.4. The highest BCUT2D eigenvalue weighted by atomic mass is 16.6. The second-order valence-electron chi connectivity index (χ2n) is 6.54. The Morgan fingerprint density at radius 3 is 2.62 bits per heavy atom. The van der Waals surface area contributed by atoms with Crippen LogP contribution >= 0.6 is 0 Å². The smallest absolute Gasteiger partial charge is 0.272 e. The summed E-state index contributed by atoms with van der Waals surface area (Å²) in [5.41, 5.74) is 2.24. The Labute approximate surface area is 128 Å². The second kappa shape index (κ2) is 8.13. The van der Waals surface area contributed by atoms with Crippen molar-refractivity contribution in [3.8, 4) is 0 Å². The van der Waals surface area contributed by atoms with Crippen molar-refractivity contribution in [2.45, 2.75) is 59.9 Å². The molecule has 1 rings (SSSR count). The minimum atomic E-state index is -0.312. The zero-order valence-electron chi connectivity index (χ0n) is 13.7. The van der Waals surface area contributed by atoms with Crippen molar-refractivity contribution in [1.29, 1.82) is 0 Å². The van der Waals surface area contributed by atoms with Gasteiger partial charge in [-0.05, 0) is 24.3 Å². The Morgan fingerprint density at radius 2 is 2.00 bits per heavy atom. The van der Waals surface area contributed by atoms with Crippen LogP contribution < -0.4 is 5.32 Å². The predicted octanol–water partition coefficient (Wildman–Crippen LogP) is 4.60. The molecule has 0 aliphatic rings. The number of nitrogens with zero attached hydrogens (tertiary/aromatic N) is 1. The largest absolute Gasteiger partial charge is 0.312 e. The van der Waals surface area contributed by atoms with E-state index in [1.807, 2.05) is 13.0 Å². The van der Waals surface area contributed by atoms with Crippen molar-refractivity contribution >= 4 is 5.69 Å². The quantitative estimate of drug-likeness (QED) is 0.411. The highest BCUT2D eigenvalue weighted by Crippen LogP contribution is 2.24. The number of hydrogen-bond donors (Lipinski definition) is 1. The van der Waals surface area contributed by atoms with Crippen LogP contribution in [0.25, 0.3) is 0 Å². The molecule has 0 aliphatic heterocycles. The maximum atomic E-state index is 10.9. The monoisotopic (exact) mass is 292 g/mol. The summed E-state index contributed by atoms with van der Waals surface area (Å²) in [4.78, 5) is 10.6. The molecule has 1 aromatic carbocycles. The molecule has 4 heteroatoms. The van der Waals surface area contributed by atoms with Gasteiger partial charge in [0.1, 0.15) is 0 Å². The van der Waals surface area contributed by atoms with Gasteiger partial charge in [-0.3, -0.25) is 10.1 Å². The Balaban J connectivity index is 2.52. The average molecular weight is 292 g/mol. The molecule has 0 atom stereocenters. The van der Waals surface area contributed by atoms with Crippen molar-refractivity contribution in [3.05, 3.63) is 39.4 Å². The van der Waals surface area contributed by atoms with Crippen LogP contribution in [0, 0.1) is 22.5 Å². The highest BCUT2D eigenvalue weighted by Gasteiger charge is 2.17. The van der Waals surface area contributed by atoms with Gasteiger partial charge in [0.05, 0.1) is 4.92 Å². The third kappa shape index (κ3) is 5.84. The SMILES string of the molecule is CCCCCC(C)(C)CNCc1cccc([N+](=O)[O-])c1C. The van der Waals surface area contributed by atoms with E-state index in [2.05, 4.69) is 26.1 Å². The van der Waals surface area contributed by atoms with Crippen LogP contribution in [0.4, 0.5) is 5.69 Å². The fourth-order valence-electron chi connectivity index (χ4n) is 2.54. The first kappa shape index (κ1) is 17.6.